The number of rotatable bonds is 6. The van der Waals surface area contributed by atoms with Crippen molar-refractivity contribution in [3.8, 4) is 0 Å². The summed E-state index contributed by atoms with van der Waals surface area (Å²) >= 11 is 0. The number of nitrogens with zero attached hydrogens (tertiary/aromatic N) is 2. The van der Waals surface area contributed by atoms with Crippen LogP contribution in [-0.2, 0) is 11.2 Å². The van der Waals surface area contributed by atoms with Crippen LogP contribution in [0.25, 0.3) is 0 Å². The van der Waals surface area contributed by atoms with Crippen molar-refractivity contribution in [3.05, 3.63) is 18.2 Å². The number of carbonyl (C=O) groups is 2. The van der Waals surface area contributed by atoms with Crippen molar-refractivity contribution < 1.29 is 19.8 Å². The third kappa shape index (κ3) is 4.19. The first-order valence-corrected chi connectivity index (χ1v) is 6.85. The van der Waals surface area contributed by atoms with Gasteiger partial charge in [-0.05, 0) is 18.8 Å². The highest BCUT2D eigenvalue weighted by Crippen LogP contribution is 2.27. The smallest absolute Gasteiger partial charge is 0.326 e. The van der Waals surface area contributed by atoms with Crippen molar-refractivity contribution >= 4 is 12.0 Å². The molecule has 2 amide bonds. The summed E-state index contributed by atoms with van der Waals surface area (Å²) in [5, 5.41) is 20.9. The maximum absolute atomic E-state index is 12.0. The molecule has 1 fully saturated rings. The van der Waals surface area contributed by atoms with Gasteiger partial charge in [-0.25, -0.2) is 14.6 Å². The number of H-pyrrole nitrogens is 1. The number of aromatic nitrogens is 2. The molecule has 4 N–H and O–H groups in total. The first kappa shape index (κ1) is 15.3. The third-order valence-corrected chi connectivity index (χ3v) is 3.66. The number of urea groups is 1. The quantitative estimate of drug-likeness (QED) is 0.580. The van der Waals surface area contributed by atoms with Crippen molar-refractivity contribution in [1.29, 1.82) is 0 Å². The Balaban J connectivity index is 1.84. The molecule has 1 aliphatic rings. The molecule has 1 aliphatic carbocycles. The fraction of sp³-hybridized carbons (Fsp3) is 0.615. The molecule has 0 aromatic carbocycles. The Bertz CT molecular complexity index is 484. The predicted molar refractivity (Wildman–Crippen MR) is 73.6 cm³/mol. The van der Waals surface area contributed by atoms with Crippen molar-refractivity contribution in [1.82, 2.24) is 20.2 Å². The van der Waals surface area contributed by atoms with E-state index in [1.54, 1.807) is 7.05 Å². The number of aliphatic hydroxyl groups is 1. The summed E-state index contributed by atoms with van der Waals surface area (Å²) in [5.41, 5.74) is 0.646. The summed E-state index contributed by atoms with van der Waals surface area (Å²) in [6.45, 7) is 0.513. The van der Waals surface area contributed by atoms with Crippen molar-refractivity contribution in [2.45, 2.75) is 31.4 Å². The number of aromatic amines is 1. The van der Waals surface area contributed by atoms with Crippen molar-refractivity contribution in [3.63, 3.8) is 0 Å². The lowest BCUT2D eigenvalue weighted by atomic mass is 9.82. The van der Waals surface area contributed by atoms with Gasteiger partial charge in [-0.1, -0.05) is 0 Å². The molecule has 21 heavy (non-hydrogen) atoms. The van der Waals surface area contributed by atoms with Gasteiger partial charge in [0.25, 0.3) is 0 Å². The largest absolute Gasteiger partial charge is 0.480 e. The second-order valence-corrected chi connectivity index (χ2v) is 5.49. The van der Waals surface area contributed by atoms with Gasteiger partial charge in [0, 0.05) is 31.9 Å². The Kier molecular flexibility index (Phi) is 4.79. The van der Waals surface area contributed by atoms with E-state index in [0.717, 1.165) is 0 Å². The monoisotopic (exact) mass is 296 g/mol. The summed E-state index contributed by atoms with van der Waals surface area (Å²) in [7, 11) is 1.62. The van der Waals surface area contributed by atoms with E-state index in [1.165, 1.54) is 17.4 Å². The predicted octanol–water partition coefficient (Wildman–Crippen LogP) is -0.182. The molecule has 2 rings (SSSR count). The van der Waals surface area contributed by atoms with Gasteiger partial charge in [-0.15, -0.1) is 0 Å². The van der Waals surface area contributed by atoms with Crippen LogP contribution >= 0.6 is 0 Å². The highest BCUT2D eigenvalue weighted by molar-refractivity contribution is 5.82. The molecule has 1 aromatic rings. The van der Waals surface area contributed by atoms with E-state index in [4.69, 9.17) is 0 Å². The average Bonchev–Trinajstić information content (AvgIpc) is 2.88. The summed E-state index contributed by atoms with van der Waals surface area (Å²) < 4.78 is 0. The number of carboxylic acid groups (broad SMARTS) is 1. The fourth-order valence-electron chi connectivity index (χ4n) is 2.40. The van der Waals surface area contributed by atoms with E-state index in [0.29, 0.717) is 25.1 Å². The average molecular weight is 296 g/mol. The molecule has 0 radical (unpaired) electrons. The molecule has 1 aromatic heterocycles. The molecule has 1 saturated carbocycles. The number of imidazole rings is 1. The Morgan fingerprint density at radius 3 is 2.81 bits per heavy atom. The molecule has 8 nitrogen and oxygen atoms in total. The second kappa shape index (κ2) is 6.57. The van der Waals surface area contributed by atoms with E-state index in [2.05, 4.69) is 15.3 Å². The maximum Gasteiger partial charge on any atom is 0.326 e. The molecular formula is C13H20N4O4. The second-order valence-electron chi connectivity index (χ2n) is 5.49. The van der Waals surface area contributed by atoms with E-state index < -0.39 is 18.0 Å². The van der Waals surface area contributed by atoms with Crippen LogP contribution in [0.2, 0.25) is 0 Å². The lowest BCUT2D eigenvalue weighted by Gasteiger charge is -2.34. The minimum atomic E-state index is -1.09. The number of aliphatic hydroxyl groups excluding tert-OH is 1. The number of amides is 2. The third-order valence-electron chi connectivity index (χ3n) is 3.66. The van der Waals surface area contributed by atoms with Crippen LogP contribution in [0.3, 0.4) is 0 Å². The van der Waals surface area contributed by atoms with Crippen LogP contribution < -0.4 is 5.32 Å². The highest BCUT2D eigenvalue weighted by Gasteiger charge is 2.30. The summed E-state index contributed by atoms with van der Waals surface area (Å²) in [4.78, 5) is 31.3. The van der Waals surface area contributed by atoms with Gasteiger partial charge in [0.05, 0.1) is 12.4 Å². The van der Waals surface area contributed by atoms with Crippen molar-refractivity contribution in [2.75, 3.05) is 13.6 Å². The fourth-order valence-corrected chi connectivity index (χ4v) is 2.40. The van der Waals surface area contributed by atoms with Crippen LogP contribution in [0.4, 0.5) is 4.79 Å². The molecule has 0 aliphatic heterocycles. The summed E-state index contributed by atoms with van der Waals surface area (Å²) in [6, 6.07) is -1.43. The number of hydrogen-bond donors (Lipinski definition) is 4. The van der Waals surface area contributed by atoms with Gasteiger partial charge in [-0.2, -0.15) is 0 Å². The van der Waals surface area contributed by atoms with Crippen LogP contribution in [0.5, 0.6) is 0 Å². The lowest BCUT2D eigenvalue weighted by molar-refractivity contribution is -0.139. The number of aliphatic carboxylic acids is 1. The molecule has 0 unspecified atom stereocenters. The Hall–Kier alpha value is -2.09. The van der Waals surface area contributed by atoms with E-state index in [1.807, 2.05) is 0 Å². The van der Waals surface area contributed by atoms with Gasteiger partial charge < -0.3 is 25.4 Å². The summed E-state index contributed by atoms with van der Waals surface area (Å²) in [6.07, 6.45) is 4.25. The van der Waals surface area contributed by atoms with Gasteiger partial charge in [-0.3, -0.25) is 0 Å². The van der Waals surface area contributed by atoms with Gasteiger partial charge >= 0.3 is 12.0 Å². The molecule has 1 heterocycles. The molecule has 0 spiro atoms. The lowest BCUT2D eigenvalue weighted by Crippen LogP contribution is -2.49. The highest BCUT2D eigenvalue weighted by atomic mass is 16.4. The molecule has 0 saturated heterocycles. The maximum atomic E-state index is 12.0. The zero-order valence-electron chi connectivity index (χ0n) is 11.8. The van der Waals surface area contributed by atoms with Crippen LogP contribution in [0.15, 0.2) is 12.5 Å². The number of nitrogens with one attached hydrogen (secondary N) is 2. The van der Waals surface area contributed by atoms with Gasteiger partial charge in [0.2, 0.25) is 0 Å². The zero-order chi connectivity index (χ0) is 15.4. The van der Waals surface area contributed by atoms with Crippen molar-refractivity contribution in [2.24, 2.45) is 5.92 Å². The van der Waals surface area contributed by atoms with Crippen LogP contribution in [-0.4, -0.2) is 62.8 Å². The molecule has 0 bridgehead atoms. The SMILES string of the molecule is CN(CC1CC(O)C1)C(=O)N[C@H](Cc1cnc[nH]1)C(=O)O. The normalized spacial score (nSPS) is 22.2. The summed E-state index contributed by atoms with van der Waals surface area (Å²) in [5.74, 6) is -0.808. The van der Waals surface area contributed by atoms with E-state index in [9.17, 15) is 19.8 Å². The Morgan fingerprint density at radius 1 is 1.57 bits per heavy atom. The number of carbonyl (C=O) groups excluding carboxylic acids is 1. The first-order chi connectivity index (χ1) is 9.95. The Morgan fingerprint density at radius 2 is 2.29 bits per heavy atom. The van der Waals surface area contributed by atoms with Gasteiger partial charge in [0.1, 0.15) is 6.04 Å². The minimum Gasteiger partial charge on any atom is -0.480 e. The van der Waals surface area contributed by atoms with Crippen LogP contribution in [0, 0.1) is 5.92 Å². The zero-order valence-corrected chi connectivity index (χ0v) is 11.8. The van der Waals surface area contributed by atoms with E-state index >= 15 is 0 Å². The van der Waals surface area contributed by atoms with Gasteiger partial charge in [0.15, 0.2) is 0 Å². The molecule has 1 atom stereocenters. The molecule has 8 heteroatoms. The standard InChI is InChI=1S/C13H20N4O4/c1-17(6-8-2-10(18)3-8)13(21)16-11(12(19)20)4-9-5-14-7-15-9/h5,7-8,10-11,18H,2-4,6H2,1H3,(H,14,15)(H,16,21)(H,19,20)/t8?,10?,11-/m1/s1. The Labute approximate surface area is 122 Å². The first-order valence-electron chi connectivity index (χ1n) is 6.85. The molecule has 116 valence electrons. The molecular weight excluding hydrogens is 276 g/mol. The number of carboxylic acids is 1. The topological polar surface area (TPSA) is 119 Å². The van der Waals surface area contributed by atoms with E-state index in [-0.39, 0.29) is 18.4 Å². The minimum absolute atomic E-state index is 0.150. The van der Waals surface area contributed by atoms with Crippen LogP contribution in [0.1, 0.15) is 18.5 Å². The number of hydrogen-bond acceptors (Lipinski definition) is 4.